The fourth-order valence-corrected chi connectivity index (χ4v) is 1.44. The molecular weight excluding hydrogens is 344 g/mol. The van der Waals surface area contributed by atoms with Gasteiger partial charge in [0.15, 0.2) is 0 Å². The van der Waals surface area contributed by atoms with Gasteiger partial charge >= 0.3 is 0 Å². The van der Waals surface area contributed by atoms with Crippen molar-refractivity contribution < 1.29 is 18.9 Å². The van der Waals surface area contributed by atoms with Crippen LogP contribution in [0.25, 0.3) is 0 Å². The number of ether oxygens (including phenoxy) is 4. The molecule has 0 saturated heterocycles. The van der Waals surface area contributed by atoms with Crippen LogP contribution in [-0.4, -0.2) is 56.6 Å². The van der Waals surface area contributed by atoms with Gasteiger partial charge in [-0.15, -0.1) is 0 Å². The van der Waals surface area contributed by atoms with E-state index in [1.54, 1.807) is 0 Å². The highest BCUT2D eigenvalue weighted by molar-refractivity contribution is 9.09. The van der Waals surface area contributed by atoms with Crippen molar-refractivity contribution in [1.29, 1.82) is 0 Å². The van der Waals surface area contributed by atoms with E-state index in [-0.39, 0.29) is 5.01 Å². The summed E-state index contributed by atoms with van der Waals surface area (Å²) >= 11 is 6.64. The Morgan fingerprint density at radius 2 is 1.56 bits per heavy atom. The number of hydrogen-bond donors (Lipinski definition) is 0. The predicted octanol–water partition coefficient (Wildman–Crippen LogP) is 2.19. The molecule has 0 heterocycles. The van der Waals surface area contributed by atoms with Gasteiger partial charge in [0, 0.05) is 11.9 Å². The van der Waals surface area contributed by atoms with Crippen molar-refractivity contribution in [3.8, 4) is 0 Å². The van der Waals surface area contributed by atoms with Gasteiger partial charge in [-0.05, 0) is 6.92 Å². The van der Waals surface area contributed by atoms with Gasteiger partial charge in [-0.1, -0.05) is 31.9 Å². The van der Waals surface area contributed by atoms with Crippen LogP contribution < -0.4 is 0 Å². The third-order valence-electron chi connectivity index (χ3n) is 1.57. The van der Waals surface area contributed by atoms with Crippen LogP contribution in [-0.2, 0) is 18.9 Å². The lowest BCUT2D eigenvalue weighted by Gasteiger charge is -2.11. The minimum absolute atomic E-state index is 0.0477. The van der Waals surface area contributed by atoms with Gasteiger partial charge in [-0.25, -0.2) is 0 Å². The van der Waals surface area contributed by atoms with Crippen molar-refractivity contribution in [2.24, 2.45) is 0 Å². The molecule has 0 aromatic carbocycles. The summed E-state index contributed by atoms with van der Waals surface area (Å²) in [5.74, 6) is 0. The summed E-state index contributed by atoms with van der Waals surface area (Å²) in [7, 11) is 0. The lowest BCUT2D eigenvalue weighted by molar-refractivity contribution is -0.00467. The maximum atomic E-state index is 5.35. The molecule has 1 unspecified atom stereocenters. The molecule has 98 valence electrons. The molecule has 6 heteroatoms. The van der Waals surface area contributed by atoms with Crippen LogP contribution in [0.15, 0.2) is 0 Å². The molecule has 4 nitrogen and oxygen atoms in total. The first-order chi connectivity index (χ1) is 7.81. The average Bonchev–Trinajstić information content (AvgIpc) is 2.30. The van der Waals surface area contributed by atoms with E-state index < -0.39 is 0 Å². The largest absolute Gasteiger partial charge is 0.379 e. The van der Waals surface area contributed by atoms with Gasteiger partial charge in [0.2, 0.25) is 0 Å². The summed E-state index contributed by atoms with van der Waals surface area (Å²) < 4.78 is 21.1. The first-order valence-corrected chi connectivity index (χ1v) is 7.39. The summed E-state index contributed by atoms with van der Waals surface area (Å²) in [5, 5.41) is 0.781. The second kappa shape index (κ2) is 13.9. The molecule has 0 radical (unpaired) electrons. The Kier molecular flexibility index (Phi) is 14.6. The van der Waals surface area contributed by atoms with Crippen molar-refractivity contribution in [3.05, 3.63) is 0 Å². The van der Waals surface area contributed by atoms with Crippen LogP contribution >= 0.6 is 31.9 Å². The van der Waals surface area contributed by atoms with Crippen LogP contribution in [0.2, 0.25) is 0 Å². The van der Waals surface area contributed by atoms with Crippen molar-refractivity contribution in [3.63, 3.8) is 0 Å². The third kappa shape index (κ3) is 12.9. The van der Waals surface area contributed by atoms with E-state index in [0.717, 1.165) is 11.9 Å². The van der Waals surface area contributed by atoms with Gasteiger partial charge in [-0.2, -0.15) is 0 Å². The highest BCUT2D eigenvalue weighted by Gasteiger charge is 2.02. The fourth-order valence-electron chi connectivity index (χ4n) is 0.879. The number of hydrogen-bond acceptors (Lipinski definition) is 4. The Hall–Kier alpha value is 0.800. The summed E-state index contributed by atoms with van der Waals surface area (Å²) in [6.07, 6.45) is 0. The van der Waals surface area contributed by atoms with Gasteiger partial charge in [0.25, 0.3) is 0 Å². The van der Waals surface area contributed by atoms with E-state index in [4.69, 9.17) is 18.9 Å². The smallest absolute Gasteiger partial charge is 0.135 e. The fraction of sp³-hybridized carbons (Fsp3) is 1.00. The minimum Gasteiger partial charge on any atom is -0.379 e. The summed E-state index contributed by atoms with van der Waals surface area (Å²) in [5.41, 5.74) is 0. The molecule has 1 atom stereocenters. The quantitative estimate of drug-likeness (QED) is 0.393. The molecule has 0 amide bonds. The monoisotopic (exact) mass is 362 g/mol. The van der Waals surface area contributed by atoms with E-state index in [9.17, 15) is 0 Å². The normalized spacial score (nSPS) is 12.9. The predicted molar refractivity (Wildman–Crippen MR) is 70.6 cm³/mol. The molecule has 0 aliphatic carbocycles. The Bertz CT molecular complexity index is 138. The standard InChI is InChI=1S/C10H20Br2O4/c1-2-13-5-6-14-7-8-15-9-10(12)16-4-3-11/h10H,2-9H2,1H3. The van der Waals surface area contributed by atoms with Crippen LogP contribution in [0, 0.1) is 0 Å². The number of halogens is 2. The lowest BCUT2D eigenvalue weighted by Crippen LogP contribution is -2.16. The molecule has 0 saturated carbocycles. The molecule has 0 fully saturated rings. The Labute approximate surface area is 114 Å². The highest BCUT2D eigenvalue weighted by atomic mass is 79.9. The van der Waals surface area contributed by atoms with Gasteiger partial charge in [-0.3, -0.25) is 0 Å². The van der Waals surface area contributed by atoms with Crippen molar-refractivity contribution in [1.82, 2.24) is 0 Å². The van der Waals surface area contributed by atoms with Crippen LogP contribution in [0.4, 0.5) is 0 Å². The number of alkyl halides is 2. The van der Waals surface area contributed by atoms with E-state index in [1.807, 2.05) is 6.92 Å². The van der Waals surface area contributed by atoms with Crippen LogP contribution in [0.1, 0.15) is 6.92 Å². The van der Waals surface area contributed by atoms with Crippen molar-refractivity contribution >= 4 is 31.9 Å². The van der Waals surface area contributed by atoms with Crippen LogP contribution in [0.5, 0.6) is 0 Å². The summed E-state index contributed by atoms with van der Waals surface area (Å²) in [6.45, 7) is 6.33. The maximum Gasteiger partial charge on any atom is 0.135 e. The molecular formula is C10H20Br2O4. The van der Waals surface area contributed by atoms with Crippen molar-refractivity contribution in [2.45, 2.75) is 11.9 Å². The maximum absolute atomic E-state index is 5.35. The van der Waals surface area contributed by atoms with Crippen LogP contribution in [0.3, 0.4) is 0 Å². The molecule has 0 aromatic rings. The van der Waals surface area contributed by atoms with Gasteiger partial charge < -0.3 is 18.9 Å². The Morgan fingerprint density at radius 1 is 0.938 bits per heavy atom. The molecule has 0 aliphatic heterocycles. The minimum atomic E-state index is -0.0477. The van der Waals surface area contributed by atoms with E-state index >= 15 is 0 Å². The summed E-state index contributed by atoms with van der Waals surface area (Å²) in [4.78, 5) is 0. The molecule has 16 heavy (non-hydrogen) atoms. The Morgan fingerprint density at radius 3 is 2.19 bits per heavy atom. The average molecular weight is 364 g/mol. The molecule has 0 aliphatic rings. The molecule has 0 aromatic heterocycles. The number of rotatable bonds is 12. The second-order valence-electron chi connectivity index (χ2n) is 2.85. The zero-order valence-corrected chi connectivity index (χ0v) is 12.8. The Balaban J connectivity index is 3.02. The molecule has 0 N–H and O–H groups in total. The van der Waals surface area contributed by atoms with Gasteiger partial charge in [0.05, 0.1) is 39.6 Å². The first kappa shape index (κ1) is 16.8. The summed E-state index contributed by atoms with van der Waals surface area (Å²) in [6, 6.07) is 0. The highest BCUT2D eigenvalue weighted by Crippen LogP contribution is 2.02. The molecule has 0 rings (SSSR count). The lowest BCUT2D eigenvalue weighted by atomic mass is 10.7. The van der Waals surface area contributed by atoms with Gasteiger partial charge in [0.1, 0.15) is 5.01 Å². The van der Waals surface area contributed by atoms with E-state index in [1.165, 1.54) is 0 Å². The second-order valence-corrected chi connectivity index (χ2v) is 4.67. The zero-order chi connectivity index (χ0) is 12.1. The third-order valence-corrected chi connectivity index (χ3v) is 2.43. The zero-order valence-electron chi connectivity index (χ0n) is 9.62. The SMILES string of the molecule is CCOCCOCCOCC(Br)OCCBr. The molecule has 0 bridgehead atoms. The van der Waals surface area contributed by atoms with Crippen molar-refractivity contribution in [2.75, 3.05) is 51.6 Å². The van der Waals surface area contributed by atoms with E-state index in [2.05, 4.69) is 31.9 Å². The topological polar surface area (TPSA) is 36.9 Å². The first-order valence-electron chi connectivity index (χ1n) is 5.36. The van der Waals surface area contributed by atoms with E-state index in [0.29, 0.717) is 39.6 Å². The molecule has 0 spiro atoms.